The van der Waals surface area contributed by atoms with Gasteiger partial charge in [0.15, 0.2) is 0 Å². The van der Waals surface area contributed by atoms with Crippen molar-refractivity contribution in [1.29, 1.82) is 0 Å². The van der Waals surface area contributed by atoms with E-state index in [1.807, 2.05) is 0 Å². The number of carboxylic acids is 1. The molecular weight excluding hydrogens is 335 g/mol. The molecule has 0 unspecified atom stereocenters. The van der Waals surface area contributed by atoms with Crippen molar-refractivity contribution in [2.45, 2.75) is 122 Å². The van der Waals surface area contributed by atoms with Gasteiger partial charge in [0.2, 0.25) is 0 Å². The van der Waals surface area contributed by atoms with Crippen LogP contribution in [0.1, 0.15) is 122 Å². The predicted molar refractivity (Wildman–Crippen MR) is 111 cm³/mol. The topological polar surface area (TPSA) is 37.3 Å². The van der Waals surface area contributed by atoms with Crippen LogP contribution in [0.15, 0.2) is 12.2 Å². The van der Waals surface area contributed by atoms with Crippen LogP contribution in [-0.4, -0.2) is 62.5 Å². The first-order valence-corrected chi connectivity index (χ1v) is 10.6. The Kier molecular flexibility index (Phi) is 27.9. The van der Waals surface area contributed by atoms with Crippen molar-refractivity contribution in [2.75, 3.05) is 0 Å². The second-order valence-corrected chi connectivity index (χ2v) is 7.14. The van der Waals surface area contributed by atoms with Crippen LogP contribution in [0.3, 0.4) is 0 Å². The van der Waals surface area contributed by atoms with Gasteiger partial charge < -0.3 is 5.11 Å². The van der Waals surface area contributed by atoms with Crippen LogP contribution in [0.5, 0.6) is 0 Å². The summed E-state index contributed by atoms with van der Waals surface area (Å²) in [6.07, 6.45) is 27.1. The Morgan fingerprint density at radius 3 is 1.40 bits per heavy atom. The first-order valence-electron chi connectivity index (χ1n) is 10.6. The van der Waals surface area contributed by atoms with Gasteiger partial charge >= 0.3 is 5.97 Å². The van der Waals surface area contributed by atoms with E-state index in [9.17, 15) is 4.79 Å². The van der Waals surface area contributed by atoms with Crippen LogP contribution < -0.4 is 0 Å². The fourth-order valence-electron chi connectivity index (χ4n) is 3.05. The van der Waals surface area contributed by atoms with Crippen LogP contribution in [0, 0.1) is 0 Å². The third kappa shape index (κ3) is 27.2. The third-order valence-electron chi connectivity index (χ3n) is 4.65. The van der Waals surface area contributed by atoms with Crippen molar-refractivity contribution in [3.05, 3.63) is 12.2 Å². The molecule has 0 aliphatic carbocycles. The summed E-state index contributed by atoms with van der Waals surface area (Å²) in [5.74, 6) is -0.656. The van der Waals surface area contributed by atoms with Gasteiger partial charge in [0.05, 0.1) is 0 Å². The van der Waals surface area contributed by atoms with Gasteiger partial charge in [-0.15, -0.1) is 0 Å². The van der Waals surface area contributed by atoms with E-state index in [-0.39, 0.29) is 51.4 Å². The molecule has 25 heavy (non-hydrogen) atoms. The van der Waals surface area contributed by atoms with Crippen LogP contribution in [0.4, 0.5) is 0 Å². The first-order chi connectivity index (χ1) is 11.8. The Morgan fingerprint density at radius 1 is 0.640 bits per heavy atom. The number of unbranched alkanes of at least 4 members (excludes halogenated alkanes) is 15. The Labute approximate surface area is 200 Å². The molecule has 0 aromatic carbocycles. The summed E-state index contributed by atoms with van der Waals surface area (Å²) in [6.45, 7) is 2.27. The molecule has 0 rings (SSSR count). The van der Waals surface area contributed by atoms with E-state index in [2.05, 4.69) is 19.1 Å². The SMILES string of the molecule is CCCCCCCC/C=C\CCCCCCCCCCCC(=O)O.[K]. The number of carboxylic acid groups (broad SMARTS) is 1. The van der Waals surface area contributed by atoms with Crippen LogP contribution >= 0.6 is 0 Å². The molecular formula is C22H42KO2. The van der Waals surface area contributed by atoms with E-state index < -0.39 is 5.97 Å². The van der Waals surface area contributed by atoms with Crippen molar-refractivity contribution >= 4 is 57.4 Å². The van der Waals surface area contributed by atoms with Crippen LogP contribution in [0.2, 0.25) is 0 Å². The predicted octanol–water partition coefficient (Wildman–Crippen LogP) is 7.29. The molecule has 0 saturated heterocycles. The van der Waals surface area contributed by atoms with Crippen molar-refractivity contribution < 1.29 is 9.90 Å². The van der Waals surface area contributed by atoms with Crippen molar-refractivity contribution in [3.8, 4) is 0 Å². The molecule has 0 bridgehead atoms. The Hall–Kier alpha value is 0.846. The second kappa shape index (κ2) is 24.8. The van der Waals surface area contributed by atoms with E-state index in [1.54, 1.807) is 0 Å². The zero-order chi connectivity index (χ0) is 17.7. The summed E-state index contributed by atoms with van der Waals surface area (Å²) in [5.41, 5.74) is 0. The summed E-state index contributed by atoms with van der Waals surface area (Å²) in [4.78, 5) is 10.4. The summed E-state index contributed by atoms with van der Waals surface area (Å²) in [7, 11) is 0. The molecule has 0 aromatic heterocycles. The number of allylic oxidation sites excluding steroid dienone is 2. The molecule has 1 N–H and O–H groups in total. The normalized spacial score (nSPS) is 10.9. The van der Waals surface area contributed by atoms with Gasteiger partial charge in [-0.2, -0.15) is 0 Å². The number of rotatable bonds is 19. The molecule has 0 fully saturated rings. The molecule has 3 heteroatoms. The number of carbonyl (C=O) groups is 1. The fourth-order valence-corrected chi connectivity index (χ4v) is 3.05. The number of hydrogen-bond acceptors (Lipinski definition) is 1. The third-order valence-corrected chi connectivity index (χ3v) is 4.65. The summed E-state index contributed by atoms with van der Waals surface area (Å²) < 4.78 is 0. The van der Waals surface area contributed by atoms with Gasteiger partial charge in [-0.3, -0.25) is 4.79 Å². The summed E-state index contributed by atoms with van der Waals surface area (Å²) in [6, 6.07) is 0. The molecule has 0 atom stereocenters. The molecule has 0 saturated carbocycles. The standard InChI is InChI=1S/C22H42O2.K/c1-2-3-4-5-6-7-8-9-10-11-12-13-14-15-16-17-18-19-20-21-22(23)24;/h9-10H,2-8,11-21H2,1H3,(H,23,24);/b10-9-;. The molecule has 0 aliphatic heterocycles. The molecule has 0 amide bonds. The average Bonchev–Trinajstić information content (AvgIpc) is 2.56. The zero-order valence-electron chi connectivity index (χ0n) is 17.2. The van der Waals surface area contributed by atoms with Gasteiger partial charge in [-0.05, 0) is 32.1 Å². The first kappa shape index (κ1) is 28.1. The summed E-state index contributed by atoms with van der Waals surface area (Å²) >= 11 is 0. The summed E-state index contributed by atoms with van der Waals surface area (Å²) in [5, 5.41) is 8.55. The number of hydrogen-bond donors (Lipinski definition) is 1. The van der Waals surface area contributed by atoms with E-state index >= 15 is 0 Å². The van der Waals surface area contributed by atoms with E-state index in [1.165, 1.54) is 96.3 Å². The molecule has 0 spiro atoms. The molecule has 0 aromatic rings. The Bertz CT molecular complexity index is 290. The maximum Gasteiger partial charge on any atom is 0.303 e. The molecule has 1 radical (unpaired) electrons. The van der Waals surface area contributed by atoms with Crippen LogP contribution in [-0.2, 0) is 4.79 Å². The number of aliphatic carboxylic acids is 1. The fraction of sp³-hybridized carbons (Fsp3) is 0.864. The maximum atomic E-state index is 10.4. The van der Waals surface area contributed by atoms with Crippen LogP contribution in [0.25, 0.3) is 0 Å². The van der Waals surface area contributed by atoms with E-state index in [4.69, 9.17) is 5.11 Å². The van der Waals surface area contributed by atoms with Gasteiger partial charge in [0.25, 0.3) is 0 Å². The van der Waals surface area contributed by atoms with Crippen molar-refractivity contribution in [1.82, 2.24) is 0 Å². The smallest absolute Gasteiger partial charge is 0.303 e. The van der Waals surface area contributed by atoms with E-state index in [0.29, 0.717) is 6.42 Å². The quantitative estimate of drug-likeness (QED) is 0.146. The minimum Gasteiger partial charge on any atom is -0.481 e. The minimum atomic E-state index is -0.656. The Balaban J connectivity index is 0. The average molecular weight is 378 g/mol. The molecule has 2 nitrogen and oxygen atoms in total. The van der Waals surface area contributed by atoms with Crippen molar-refractivity contribution in [3.63, 3.8) is 0 Å². The maximum absolute atomic E-state index is 10.4. The zero-order valence-corrected chi connectivity index (χ0v) is 20.4. The van der Waals surface area contributed by atoms with Gasteiger partial charge in [-0.1, -0.05) is 96.1 Å². The van der Waals surface area contributed by atoms with Gasteiger partial charge in [-0.25, -0.2) is 0 Å². The second-order valence-electron chi connectivity index (χ2n) is 7.14. The van der Waals surface area contributed by atoms with Crippen molar-refractivity contribution in [2.24, 2.45) is 0 Å². The molecule has 0 heterocycles. The largest absolute Gasteiger partial charge is 0.481 e. The minimum absolute atomic E-state index is 0. The Morgan fingerprint density at radius 2 is 1.00 bits per heavy atom. The van der Waals surface area contributed by atoms with Gasteiger partial charge in [0.1, 0.15) is 0 Å². The monoisotopic (exact) mass is 377 g/mol. The molecule has 0 aliphatic rings. The molecule has 143 valence electrons. The van der Waals surface area contributed by atoms with E-state index in [0.717, 1.165) is 12.8 Å². The van der Waals surface area contributed by atoms with Gasteiger partial charge in [0, 0.05) is 57.8 Å².